The summed E-state index contributed by atoms with van der Waals surface area (Å²) in [6, 6.07) is 13.5. The first-order valence-electron chi connectivity index (χ1n) is 8.74. The van der Waals surface area contributed by atoms with E-state index in [2.05, 4.69) is 0 Å². The maximum absolute atomic E-state index is 13.4. The predicted octanol–water partition coefficient (Wildman–Crippen LogP) is 2.37. The van der Waals surface area contributed by atoms with Gasteiger partial charge in [0.2, 0.25) is 5.91 Å². The van der Waals surface area contributed by atoms with Crippen molar-refractivity contribution in [1.82, 2.24) is 0 Å². The van der Waals surface area contributed by atoms with Gasteiger partial charge in [0.25, 0.3) is 0 Å². The minimum atomic E-state index is -3.86. The van der Waals surface area contributed by atoms with Crippen LogP contribution in [0.1, 0.15) is 28.8 Å². The van der Waals surface area contributed by atoms with Crippen LogP contribution in [-0.4, -0.2) is 38.7 Å². The zero-order chi connectivity index (χ0) is 19.2. The molecular formula is C20H19NO5S. The maximum atomic E-state index is 13.4. The number of nitrogens with zero attached hydrogens (tertiary/aromatic N) is 1. The molecule has 2 heterocycles. The number of benzene rings is 2. The third kappa shape index (κ3) is 2.49. The molecule has 6 nitrogen and oxygen atoms in total. The third-order valence-corrected chi connectivity index (χ3v) is 8.11. The fraction of sp³-hybridized carbons (Fsp3) is 0.300. The molecule has 0 saturated carbocycles. The Bertz CT molecular complexity index is 1030. The van der Waals surface area contributed by atoms with E-state index in [1.807, 2.05) is 30.3 Å². The molecule has 0 bridgehead atoms. The number of carbonyl (C=O) groups is 2. The molecule has 0 aromatic heterocycles. The van der Waals surface area contributed by atoms with E-state index in [1.165, 1.54) is 19.2 Å². The van der Waals surface area contributed by atoms with E-state index in [1.54, 1.807) is 11.0 Å². The Kier molecular flexibility index (Phi) is 4.07. The van der Waals surface area contributed by atoms with E-state index < -0.39 is 20.6 Å². The third-order valence-electron chi connectivity index (χ3n) is 5.53. The van der Waals surface area contributed by atoms with E-state index >= 15 is 0 Å². The summed E-state index contributed by atoms with van der Waals surface area (Å²) in [4.78, 5) is 26.6. The van der Waals surface area contributed by atoms with Crippen LogP contribution in [0.2, 0.25) is 0 Å². The Labute approximate surface area is 157 Å². The van der Waals surface area contributed by atoms with E-state index in [0.717, 1.165) is 0 Å². The van der Waals surface area contributed by atoms with Gasteiger partial charge in [0.05, 0.1) is 17.6 Å². The normalized spacial score (nSPS) is 23.3. The van der Waals surface area contributed by atoms with E-state index in [0.29, 0.717) is 29.8 Å². The highest BCUT2D eigenvalue weighted by atomic mass is 32.2. The number of methoxy groups -OCH3 is 1. The minimum Gasteiger partial charge on any atom is -0.465 e. The molecule has 0 aliphatic carbocycles. The molecule has 1 atom stereocenters. The lowest BCUT2D eigenvalue weighted by Crippen LogP contribution is -2.49. The second-order valence-corrected chi connectivity index (χ2v) is 9.08. The second-order valence-electron chi connectivity index (χ2n) is 6.85. The van der Waals surface area contributed by atoms with Crippen molar-refractivity contribution in [1.29, 1.82) is 0 Å². The number of hydrogen-bond acceptors (Lipinski definition) is 5. The molecule has 1 amide bonds. The number of hydrogen-bond donors (Lipinski definition) is 0. The Balaban J connectivity index is 1.75. The van der Waals surface area contributed by atoms with Gasteiger partial charge in [0.1, 0.15) is 0 Å². The Hall–Kier alpha value is -2.67. The molecule has 1 unspecified atom stereocenters. The summed E-state index contributed by atoms with van der Waals surface area (Å²) in [5, 5.41) is 0. The van der Waals surface area contributed by atoms with Gasteiger partial charge in [-0.1, -0.05) is 18.2 Å². The Morgan fingerprint density at radius 1 is 1.11 bits per heavy atom. The second kappa shape index (κ2) is 6.20. The highest BCUT2D eigenvalue weighted by molar-refractivity contribution is 7.93. The molecule has 0 radical (unpaired) electrons. The van der Waals surface area contributed by atoms with Crippen molar-refractivity contribution in [2.75, 3.05) is 18.6 Å². The molecule has 0 N–H and O–H groups in total. The summed E-state index contributed by atoms with van der Waals surface area (Å²) in [5.41, 5.74) is 1.59. The molecule has 2 aliphatic heterocycles. The summed E-state index contributed by atoms with van der Waals surface area (Å²) in [5.74, 6) is -0.876. The van der Waals surface area contributed by atoms with Crippen molar-refractivity contribution in [3.05, 3.63) is 59.7 Å². The number of fused-ring (bicyclic) bond motifs is 1. The summed E-state index contributed by atoms with van der Waals surface area (Å²) >= 11 is 0. The van der Waals surface area contributed by atoms with Crippen molar-refractivity contribution in [2.24, 2.45) is 0 Å². The van der Waals surface area contributed by atoms with Gasteiger partial charge in [0.15, 0.2) is 14.6 Å². The first kappa shape index (κ1) is 17.7. The van der Waals surface area contributed by atoms with Crippen LogP contribution in [0.25, 0.3) is 0 Å². The first-order valence-corrected chi connectivity index (χ1v) is 10.2. The number of esters is 1. The van der Waals surface area contributed by atoms with E-state index in [4.69, 9.17) is 4.74 Å². The van der Waals surface area contributed by atoms with Crippen LogP contribution in [-0.2, 0) is 25.8 Å². The largest absolute Gasteiger partial charge is 0.465 e. The van der Waals surface area contributed by atoms with Gasteiger partial charge in [0, 0.05) is 12.2 Å². The van der Waals surface area contributed by atoms with Gasteiger partial charge in [-0.2, -0.15) is 0 Å². The van der Waals surface area contributed by atoms with Gasteiger partial charge < -0.3 is 9.64 Å². The predicted molar refractivity (Wildman–Crippen MR) is 99.4 cm³/mol. The molecule has 4 rings (SSSR count). The number of carbonyl (C=O) groups excluding carboxylic acids is 2. The van der Waals surface area contributed by atoms with Gasteiger partial charge >= 0.3 is 5.97 Å². The first-order chi connectivity index (χ1) is 12.9. The Morgan fingerprint density at radius 2 is 1.85 bits per heavy atom. The number of amides is 1. The number of anilines is 1. The smallest absolute Gasteiger partial charge is 0.337 e. The average molecular weight is 385 g/mol. The van der Waals surface area contributed by atoms with Crippen LogP contribution in [0.15, 0.2) is 53.4 Å². The summed E-state index contributed by atoms with van der Waals surface area (Å²) in [6.07, 6.45) is 0.907. The van der Waals surface area contributed by atoms with Gasteiger partial charge in [-0.3, -0.25) is 4.79 Å². The monoisotopic (exact) mass is 385 g/mol. The molecular weight excluding hydrogens is 366 g/mol. The number of sulfone groups is 1. The molecule has 140 valence electrons. The zero-order valence-corrected chi connectivity index (χ0v) is 15.7. The van der Waals surface area contributed by atoms with Gasteiger partial charge in [-0.05, 0) is 55.2 Å². The standard InChI is InChI=1S/C20H19NO5S/c1-26-18(22)15-7-8-17-14(13-15)9-10-20(27(17,24)25)11-12-21(19(20)23)16-5-3-2-4-6-16/h2-8,13H,9-12H2,1H3. The van der Waals surface area contributed by atoms with Crippen molar-refractivity contribution in [3.8, 4) is 0 Å². The van der Waals surface area contributed by atoms with Crippen LogP contribution < -0.4 is 4.90 Å². The lowest BCUT2D eigenvalue weighted by atomic mass is 9.95. The Morgan fingerprint density at radius 3 is 2.56 bits per heavy atom. The van der Waals surface area contributed by atoms with Crippen molar-refractivity contribution >= 4 is 27.4 Å². The zero-order valence-electron chi connectivity index (χ0n) is 14.8. The molecule has 7 heteroatoms. The summed E-state index contributed by atoms with van der Waals surface area (Å²) < 4.78 is 30.1. The van der Waals surface area contributed by atoms with Crippen LogP contribution >= 0.6 is 0 Å². The van der Waals surface area contributed by atoms with Crippen LogP contribution in [0.5, 0.6) is 0 Å². The lowest BCUT2D eigenvalue weighted by Gasteiger charge is -2.33. The average Bonchev–Trinajstić information content (AvgIpc) is 3.03. The molecule has 1 saturated heterocycles. The molecule has 1 fully saturated rings. The molecule has 2 aromatic carbocycles. The SMILES string of the molecule is COC(=O)c1ccc2c(c1)CCC1(CCN(c3ccccc3)C1=O)S2(=O)=O. The highest BCUT2D eigenvalue weighted by Gasteiger charge is 2.58. The van der Waals surface area contributed by atoms with E-state index in [-0.39, 0.29) is 23.6 Å². The number of aryl methyl sites for hydroxylation is 1. The molecule has 2 aromatic rings. The summed E-state index contributed by atoms with van der Waals surface area (Å²) in [6.45, 7) is 0.373. The van der Waals surface area contributed by atoms with E-state index in [9.17, 15) is 18.0 Å². The van der Waals surface area contributed by atoms with Crippen LogP contribution in [0.3, 0.4) is 0 Å². The van der Waals surface area contributed by atoms with Crippen molar-refractivity contribution < 1.29 is 22.7 Å². The van der Waals surface area contributed by atoms with Gasteiger partial charge in [-0.15, -0.1) is 0 Å². The fourth-order valence-electron chi connectivity index (χ4n) is 4.05. The van der Waals surface area contributed by atoms with Crippen molar-refractivity contribution in [3.63, 3.8) is 0 Å². The molecule has 1 spiro atoms. The molecule has 2 aliphatic rings. The maximum Gasteiger partial charge on any atom is 0.337 e. The number of ether oxygens (including phenoxy) is 1. The van der Waals surface area contributed by atoms with Gasteiger partial charge in [-0.25, -0.2) is 13.2 Å². The van der Waals surface area contributed by atoms with Crippen molar-refractivity contribution in [2.45, 2.75) is 28.9 Å². The highest BCUT2D eigenvalue weighted by Crippen LogP contribution is 2.45. The molecule has 27 heavy (non-hydrogen) atoms. The number of para-hydroxylation sites is 1. The fourth-order valence-corrected chi connectivity index (χ4v) is 6.29. The number of rotatable bonds is 2. The topological polar surface area (TPSA) is 80.8 Å². The van der Waals surface area contributed by atoms with Crippen LogP contribution in [0, 0.1) is 0 Å². The lowest BCUT2D eigenvalue weighted by molar-refractivity contribution is -0.119. The minimum absolute atomic E-state index is 0.143. The van der Waals surface area contributed by atoms with Crippen LogP contribution in [0.4, 0.5) is 5.69 Å². The summed E-state index contributed by atoms with van der Waals surface area (Å²) in [7, 11) is -2.58. The quantitative estimate of drug-likeness (QED) is 0.742.